The zero-order chi connectivity index (χ0) is 19.1. The molecule has 1 atom stereocenters. The predicted molar refractivity (Wildman–Crippen MR) is 94.9 cm³/mol. The lowest BCUT2D eigenvalue weighted by Gasteiger charge is -2.33. The zero-order valence-corrected chi connectivity index (χ0v) is 14.4. The number of carboxylic acid groups (broad SMARTS) is 1. The fourth-order valence-electron chi connectivity index (χ4n) is 3.71. The van der Waals surface area contributed by atoms with E-state index in [1.807, 2.05) is 0 Å². The van der Waals surface area contributed by atoms with Crippen molar-refractivity contribution in [2.75, 3.05) is 11.9 Å². The SMILES string of the molecule is O=C1CCc2cc(C(=O)N3Cc4ccccc4C(C(=O)O)C3)c(F)cc2N1. The summed E-state index contributed by atoms with van der Waals surface area (Å²) in [6, 6.07) is 9.70. The first kappa shape index (κ1) is 17.2. The Bertz CT molecular complexity index is 972. The number of nitrogens with one attached hydrogen (secondary N) is 1. The Kier molecular flexibility index (Phi) is 4.14. The molecule has 0 saturated heterocycles. The van der Waals surface area contributed by atoms with Gasteiger partial charge in [-0.2, -0.15) is 0 Å². The van der Waals surface area contributed by atoms with Gasteiger partial charge in [-0.25, -0.2) is 4.39 Å². The van der Waals surface area contributed by atoms with Crippen LogP contribution in [0.25, 0.3) is 0 Å². The molecule has 0 radical (unpaired) electrons. The van der Waals surface area contributed by atoms with Gasteiger partial charge in [0.1, 0.15) is 5.82 Å². The van der Waals surface area contributed by atoms with Gasteiger partial charge >= 0.3 is 5.97 Å². The fraction of sp³-hybridized carbons (Fsp3) is 0.250. The number of nitrogens with zero attached hydrogens (tertiary/aromatic N) is 1. The quantitative estimate of drug-likeness (QED) is 0.853. The molecule has 2 aromatic carbocycles. The lowest BCUT2D eigenvalue weighted by molar-refractivity contribution is -0.139. The molecule has 2 amide bonds. The number of aliphatic carboxylic acids is 1. The van der Waals surface area contributed by atoms with E-state index in [-0.39, 0.29) is 31.0 Å². The summed E-state index contributed by atoms with van der Waals surface area (Å²) in [6.45, 7) is 0.213. The molecule has 0 saturated carbocycles. The number of fused-ring (bicyclic) bond motifs is 2. The molecule has 2 N–H and O–H groups in total. The van der Waals surface area contributed by atoms with E-state index in [0.717, 1.165) is 11.6 Å². The molecule has 0 aromatic heterocycles. The van der Waals surface area contributed by atoms with Crippen molar-refractivity contribution in [3.8, 4) is 0 Å². The monoisotopic (exact) mass is 368 g/mol. The summed E-state index contributed by atoms with van der Waals surface area (Å²) in [7, 11) is 0. The highest BCUT2D eigenvalue weighted by Crippen LogP contribution is 2.31. The van der Waals surface area contributed by atoms with E-state index in [2.05, 4.69) is 5.32 Å². The number of halogens is 1. The molecule has 2 heterocycles. The largest absolute Gasteiger partial charge is 0.481 e. The van der Waals surface area contributed by atoms with Gasteiger partial charge in [0.05, 0.1) is 11.5 Å². The lowest BCUT2D eigenvalue weighted by atomic mass is 9.89. The van der Waals surface area contributed by atoms with Crippen LogP contribution in [0.1, 0.15) is 39.4 Å². The van der Waals surface area contributed by atoms with Crippen molar-refractivity contribution in [3.63, 3.8) is 0 Å². The number of rotatable bonds is 2. The first-order chi connectivity index (χ1) is 12.9. The average Bonchev–Trinajstić information content (AvgIpc) is 2.65. The van der Waals surface area contributed by atoms with Crippen LogP contribution >= 0.6 is 0 Å². The Hall–Kier alpha value is -3.22. The van der Waals surface area contributed by atoms with Crippen LogP contribution in [0.4, 0.5) is 10.1 Å². The number of carboxylic acids is 1. The standard InChI is InChI=1S/C20H17FN2O4/c21-16-8-17-11(5-6-18(24)22-17)7-14(16)19(25)23-9-12-3-1-2-4-13(12)15(10-23)20(26)27/h1-4,7-8,15H,5-6,9-10H2,(H,22,24)(H,26,27). The van der Waals surface area contributed by atoms with E-state index in [1.165, 1.54) is 11.0 Å². The van der Waals surface area contributed by atoms with E-state index in [4.69, 9.17) is 0 Å². The minimum Gasteiger partial charge on any atom is -0.481 e. The van der Waals surface area contributed by atoms with Crippen LogP contribution in [-0.4, -0.2) is 34.3 Å². The maximum absolute atomic E-state index is 14.5. The van der Waals surface area contributed by atoms with E-state index in [0.29, 0.717) is 23.2 Å². The van der Waals surface area contributed by atoms with Gasteiger partial charge in [0, 0.05) is 25.2 Å². The van der Waals surface area contributed by atoms with Crippen molar-refractivity contribution in [2.24, 2.45) is 0 Å². The predicted octanol–water partition coefficient (Wildman–Crippen LogP) is 2.53. The number of benzene rings is 2. The Balaban J connectivity index is 1.68. The Labute approximate surface area is 154 Å². The van der Waals surface area contributed by atoms with Crippen LogP contribution in [0.15, 0.2) is 36.4 Å². The molecule has 0 aliphatic carbocycles. The normalized spacial score (nSPS) is 18.3. The third-order valence-electron chi connectivity index (χ3n) is 5.10. The van der Waals surface area contributed by atoms with Gasteiger partial charge in [-0.05, 0) is 35.2 Å². The summed E-state index contributed by atoms with van der Waals surface area (Å²) in [5, 5.41) is 12.1. The number of hydrogen-bond donors (Lipinski definition) is 2. The molecule has 1 unspecified atom stereocenters. The summed E-state index contributed by atoms with van der Waals surface area (Å²) in [5.74, 6) is -3.33. The molecule has 2 aliphatic heterocycles. The van der Waals surface area contributed by atoms with E-state index in [9.17, 15) is 23.9 Å². The molecule has 4 rings (SSSR count). The summed E-state index contributed by atoms with van der Waals surface area (Å²) in [5.41, 5.74) is 2.41. The first-order valence-corrected chi connectivity index (χ1v) is 8.66. The molecule has 7 heteroatoms. The highest BCUT2D eigenvalue weighted by molar-refractivity contribution is 5.98. The molecule has 2 aliphatic rings. The van der Waals surface area contributed by atoms with E-state index < -0.39 is 23.6 Å². The van der Waals surface area contributed by atoms with Gasteiger partial charge in [0.15, 0.2) is 0 Å². The smallest absolute Gasteiger partial charge is 0.312 e. The number of carbonyl (C=O) groups is 3. The second-order valence-corrected chi connectivity index (χ2v) is 6.81. The van der Waals surface area contributed by atoms with Gasteiger partial charge in [-0.15, -0.1) is 0 Å². The minimum atomic E-state index is -1.02. The molecular weight excluding hydrogens is 351 g/mol. The maximum atomic E-state index is 14.5. The summed E-state index contributed by atoms with van der Waals surface area (Å²) < 4.78 is 14.5. The van der Waals surface area contributed by atoms with Crippen LogP contribution in [0.2, 0.25) is 0 Å². The van der Waals surface area contributed by atoms with Gasteiger partial charge in [0.25, 0.3) is 5.91 Å². The third kappa shape index (κ3) is 3.05. The number of carbonyl (C=O) groups excluding carboxylic acids is 2. The van der Waals surface area contributed by atoms with E-state index >= 15 is 0 Å². The third-order valence-corrected chi connectivity index (χ3v) is 5.10. The van der Waals surface area contributed by atoms with Crippen molar-refractivity contribution in [1.82, 2.24) is 4.90 Å². The fourth-order valence-corrected chi connectivity index (χ4v) is 3.71. The van der Waals surface area contributed by atoms with Crippen LogP contribution in [0.5, 0.6) is 0 Å². The number of anilines is 1. The highest BCUT2D eigenvalue weighted by atomic mass is 19.1. The number of aryl methyl sites for hydroxylation is 1. The molecule has 27 heavy (non-hydrogen) atoms. The Morgan fingerprint density at radius 2 is 1.93 bits per heavy atom. The van der Waals surface area contributed by atoms with Crippen molar-refractivity contribution < 1.29 is 23.9 Å². The second kappa shape index (κ2) is 6.50. The summed E-state index contributed by atoms with van der Waals surface area (Å²) in [4.78, 5) is 37.4. The number of amides is 2. The Morgan fingerprint density at radius 3 is 2.70 bits per heavy atom. The van der Waals surface area contributed by atoms with Crippen molar-refractivity contribution in [3.05, 3.63) is 64.5 Å². The summed E-state index contributed by atoms with van der Waals surface area (Å²) in [6.07, 6.45) is 0.715. The molecule has 0 fully saturated rings. The van der Waals surface area contributed by atoms with Crippen LogP contribution in [-0.2, 0) is 22.6 Å². The molecule has 0 bridgehead atoms. The van der Waals surface area contributed by atoms with Gasteiger partial charge in [-0.1, -0.05) is 24.3 Å². The summed E-state index contributed by atoms with van der Waals surface area (Å²) >= 11 is 0. The van der Waals surface area contributed by atoms with E-state index in [1.54, 1.807) is 24.3 Å². The minimum absolute atomic E-state index is 0.0154. The topological polar surface area (TPSA) is 86.7 Å². The van der Waals surface area contributed by atoms with Gasteiger partial charge < -0.3 is 15.3 Å². The first-order valence-electron chi connectivity index (χ1n) is 8.66. The molecule has 138 valence electrons. The molecule has 6 nitrogen and oxygen atoms in total. The second-order valence-electron chi connectivity index (χ2n) is 6.81. The average molecular weight is 368 g/mol. The molecule has 0 spiro atoms. The lowest BCUT2D eigenvalue weighted by Crippen LogP contribution is -2.41. The zero-order valence-electron chi connectivity index (χ0n) is 14.4. The molecule has 2 aromatic rings. The van der Waals surface area contributed by atoms with Crippen LogP contribution in [0.3, 0.4) is 0 Å². The van der Waals surface area contributed by atoms with Gasteiger partial charge in [0.2, 0.25) is 5.91 Å². The van der Waals surface area contributed by atoms with Gasteiger partial charge in [-0.3, -0.25) is 14.4 Å². The molecular formula is C20H17FN2O4. The van der Waals surface area contributed by atoms with Crippen molar-refractivity contribution in [1.29, 1.82) is 0 Å². The Morgan fingerprint density at radius 1 is 1.15 bits per heavy atom. The van der Waals surface area contributed by atoms with Crippen LogP contribution in [0, 0.1) is 5.82 Å². The maximum Gasteiger partial charge on any atom is 0.312 e. The highest BCUT2D eigenvalue weighted by Gasteiger charge is 2.34. The van der Waals surface area contributed by atoms with Crippen LogP contribution < -0.4 is 5.32 Å². The number of hydrogen-bond acceptors (Lipinski definition) is 3. The van der Waals surface area contributed by atoms with Crippen molar-refractivity contribution in [2.45, 2.75) is 25.3 Å². The van der Waals surface area contributed by atoms with Crippen molar-refractivity contribution >= 4 is 23.5 Å².